The highest BCUT2D eigenvalue weighted by Crippen LogP contribution is 2.77. The zero-order valence-electron chi connectivity index (χ0n) is 31.0. The molecular formula is C43H63N3O2. The van der Waals surface area contributed by atoms with Crippen LogP contribution < -0.4 is 0 Å². The van der Waals surface area contributed by atoms with E-state index in [9.17, 15) is 5.11 Å². The Morgan fingerprint density at radius 1 is 0.875 bits per heavy atom. The number of aromatic nitrogens is 2. The highest BCUT2D eigenvalue weighted by Gasteiger charge is 2.72. The van der Waals surface area contributed by atoms with Crippen LogP contribution in [0.25, 0.3) is 11.3 Å². The normalized spacial score (nSPS) is 44.9. The lowest BCUT2D eigenvalue weighted by molar-refractivity contribution is -0.249. The largest absolute Gasteiger partial charge is 0.393 e. The van der Waals surface area contributed by atoms with Crippen molar-refractivity contribution in [1.29, 1.82) is 0 Å². The van der Waals surface area contributed by atoms with Gasteiger partial charge in [0.05, 0.1) is 29.5 Å². The van der Waals surface area contributed by atoms with E-state index in [0.717, 1.165) is 55.7 Å². The van der Waals surface area contributed by atoms with Crippen molar-refractivity contribution < 1.29 is 9.90 Å². The fraction of sp³-hybridized carbons (Fsp3) is 0.767. The minimum absolute atomic E-state index is 0.0173. The van der Waals surface area contributed by atoms with E-state index < -0.39 is 0 Å². The lowest BCUT2D eigenvalue weighted by Crippen LogP contribution is -2.67. The Morgan fingerprint density at radius 2 is 1.65 bits per heavy atom. The highest BCUT2D eigenvalue weighted by atomic mass is 16.3. The van der Waals surface area contributed by atoms with Crippen LogP contribution in [0, 0.1) is 62.6 Å². The van der Waals surface area contributed by atoms with Crippen molar-refractivity contribution in [2.45, 2.75) is 138 Å². The van der Waals surface area contributed by atoms with Gasteiger partial charge in [0.25, 0.3) is 0 Å². The molecule has 1 aromatic carbocycles. The number of nitrogens with zero attached hydrogens (tertiary/aromatic N) is 2. The Balaban J connectivity index is 1.12. The summed E-state index contributed by atoms with van der Waals surface area (Å²) in [5.74, 6) is 4.98. The van der Waals surface area contributed by atoms with E-state index in [1.807, 2.05) is 6.20 Å². The molecule has 262 valence electrons. The van der Waals surface area contributed by atoms with Crippen molar-refractivity contribution in [3.05, 3.63) is 42.4 Å². The molecule has 6 aliphatic rings. The SMILES string of the molecule is CC(C)[C@@H]1CC[C@]2(C(=O)N3CCC[C@H]3c3ncc(-c4ccccc4)[nH]3)CC[C@]3(C)[C@H](CC[C@@H]4[C@@]5(C)CC[C@H](O)C(C)(C)[C@@H]5CC[C@]43C)[C@@H]12. The topological polar surface area (TPSA) is 69.2 Å². The van der Waals surface area contributed by atoms with Gasteiger partial charge in [0.2, 0.25) is 5.91 Å². The number of imidazole rings is 1. The van der Waals surface area contributed by atoms with Crippen molar-refractivity contribution in [3.63, 3.8) is 0 Å². The van der Waals surface area contributed by atoms with Crippen molar-refractivity contribution in [3.8, 4) is 11.3 Å². The highest BCUT2D eigenvalue weighted by molar-refractivity contribution is 5.84. The maximum Gasteiger partial charge on any atom is 0.229 e. The summed E-state index contributed by atoms with van der Waals surface area (Å²) in [5, 5.41) is 11.1. The van der Waals surface area contributed by atoms with E-state index in [1.54, 1.807) is 0 Å². The molecule has 1 aromatic heterocycles. The number of aliphatic hydroxyl groups is 1. The first kappa shape index (κ1) is 33.0. The number of hydrogen-bond donors (Lipinski definition) is 2. The van der Waals surface area contributed by atoms with E-state index in [2.05, 4.69) is 88.7 Å². The summed E-state index contributed by atoms with van der Waals surface area (Å²) < 4.78 is 0. The van der Waals surface area contributed by atoms with E-state index in [0.29, 0.717) is 41.4 Å². The molecule has 5 saturated carbocycles. The third-order valence-electron chi connectivity index (χ3n) is 17.3. The van der Waals surface area contributed by atoms with Gasteiger partial charge in [-0.15, -0.1) is 0 Å². The number of rotatable bonds is 4. The predicted molar refractivity (Wildman–Crippen MR) is 193 cm³/mol. The van der Waals surface area contributed by atoms with Crippen LogP contribution >= 0.6 is 0 Å². The maximum absolute atomic E-state index is 15.4. The van der Waals surface area contributed by atoms with Gasteiger partial charge in [-0.2, -0.15) is 0 Å². The summed E-state index contributed by atoms with van der Waals surface area (Å²) in [6.07, 6.45) is 15.5. The van der Waals surface area contributed by atoms with Crippen LogP contribution in [0.2, 0.25) is 0 Å². The van der Waals surface area contributed by atoms with Gasteiger partial charge >= 0.3 is 0 Å². The number of benzene rings is 1. The van der Waals surface area contributed by atoms with Gasteiger partial charge in [-0.25, -0.2) is 4.98 Å². The second-order valence-electron chi connectivity index (χ2n) is 19.4. The Hall–Kier alpha value is -2.14. The molecule has 1 aliphatic heterocycles. The maximum atomic E-state index is 15.4. The average molecular weight is 654 g/mol. The number of fused-ring (bicyclic) bond motifs is 7. The number of aliphatic hydroxyl groups excluding tert-OH is 1. The second-order valence-corrected chi connectivity index (χ2v) is 19.4. The third-order valence-corrected chi connectivity index (χ3v) is 17.3. The number of hydrogen-bond acceptors (Lipinski definition) is 3. The van der Waals surface area contributed by atoms with Crippen LogP contribution in [0.5, 0.6) is 0 Å². The first-order valence-electron chi connectivity index (χ1n) is 19.9. The van der Waals surface area contributed by atoms with Gasteiger partial charge < -0.3 is 15.0 Å². The molecule has 48 heavy (non-hydrogen) atoms. The third kappa shape index (κ3) is 4.37. The molecule has 1 saturated heterocycles. The molecule has 5 nitrogen and oxygen atoms in total. The van der Waals surface area contributed by atoms with Gasteiger partial charge in [-0.3, -0.25) is 4.79 Å². The average Bonchev–Trinajstić information content (AvgIpc) is 3.82. The fourth-order valence-corrected chi connectivity index (χ4v) is 14.6. The molecule has 0 bridgehead atoms. The van der Waals surface area contributed by atoms with Gasteiger partial charge in [-0.1, -0.05) is 78.8 Å². The Kier molecular flexibility index (Phi) is 7.69. The quantitative estimate of drug-likeness (QED) is 0.345. The van der Waals surface area contributed by atoms with Gasteiger partial charge in [0.15, 0.2) is 0 Å². The molecule has 11 atom stereocenters. The van der Waals surface area contributed by atoms with E-state index >= 15 is 4.79 Å². The first-order valence-corrected chi connectivity index (χ1v) is 19.9. The molecule has 5 heteroatoms. The van der Waals surface area contributed by atoms with E-state index in [1.165, 1.54) is 44.9 Å². The number of likely N-dealkylation sites (tertiary alicyclic amines) is 1. The monoisotopic (exact) mass is 653 g/mol. The molecule has 2 heterocycles. The van der Waals surface area contributed by atoms with Crippen molar-refractivity contribution in [2.24, 2.45) is 62.6 Å². The molecular weight excluding hydrogens is 590 g/mol. The zero-order valence-corrected chi connectivity index (χ0v) is 31.0. The number of H-pyrrole nitrogens is 1. The number of nitrogens with one attached hydrogen (secondary N) is 1. The van der Waals surface area contributed by atoms with Crippen LogP contribution in [0.4, 0.5) is 0 Å². The van der Waals surface area contributed by atoms with Crippen molar-refractivity contribution in [2.75, 3.05) is 6.54 Å². The molecule has 8 rings (SSSR count). The van der Waals surface area contributed by atoms with Gasteiger partial charge in [0, 0.05) is 6.54 Å². The first-order chi connectivity index (χ1) is 22.8. The van der Waals surface area contributed by atoms with E-state index in [4.69, 9.17) is 4.98 Å². The van der Waals surface area contributed by atoms with Crippen molar-refractivity contribution in [1.82, 2.24) is 14.9 Å². The summed E-state index contributed by atoms with van der Waals surface area (Å²) in [6, 6.07) is 10.5. The summed E-state index contributed by atoms with van der Waals surface area (Å²) in [5.41, 5.74) is 2.73. The Morgan fingerprint density at radius 3 is 2.40 bits per heavy atom. The summed E-state index contributed by atoms with van der Waals surface area (Å²) in [7, 11) is 0. The fourth-order valence-electron chi connectivity index (χ4n) is 14.6. The van der Waals surface area contributed by atoms with E-state index in [-0.39, 0.29) is 39.2 Å². The zero-order chi connectivity index (χ0) is 33.9. The van der Waals surface area contributed by atoms with Crippen LogP contribution in [-0.2, 0) is 4.79 Å². The van der Waals surface area contributed by atoms with Crippen LogP contribution in [-0.4, -0.2) is 38.5 Å². The number of carbonyl (C=O) groups excluding carboxylic acids is 1. The summed E-state index contributed by atoms with van der Waals surface area (Å²) in [4.78, 5) is 26.2. The Bertz CT molecular complexity index is 1530. The molecule has 2 N–H and O–H groups in total. The molecule has 2 aromatic rings. The number of carbonyl (C=O) groups is 1. The van der Waals surface area contributed by atoms with Crippen molar-refractivity contribution >= 4 is 5.91 Å². The predicted octanol–water partition coefficient (Wildman–Crippen LogP) is 9.84. The van der Waals surface area contributed by atoms with Crippen LogP contribution in [0.1, 0.15) is 137 Å². The molecule has 0 unspecified atom stereocenters. The standard InChI is InChI=1S/C43H63N3O2/c1-27(2)29-17-22-43(38(48)46-25-11-14-32(46)37-44-26-31(45-37)28-12-9-8-10-13-28)24-23-41(6)30(36(29)43)15-16-34-40(5)20-19-35(47)39(3,4)33(40)18-21-42(34,41)7/h8-10,12-13,26-27,29-30,32-36,47H,11,14-25H2,1-7H3,(H,44,45)/t29-,30+,32-,33-,34+,35-,36+,40-,41+,42+,43-/m0/s1. The summed E-state index contributed by atoms with van der Waals surface area (Å²) in [6.45, 7) is 18.5. The van der Waals surface area contributed by atoms with Crippen LogP contribution in [0.15, 0.2) is 36.5 Å². The molecule has 5 aliphatic carbocycles. The van der Waals surface area contributed by atoms with Crippen LogP contribution in [0.3, 0.4) is 0 Å². The number of aromatic amines is 1. The minimum Gasteiger partial charge on any atom is -0.393 e. The molecule has 1 amide bonds. The minimum atomic E-state index is -0.238. The lowest BCUT2D eigenvalue weighted by atomic mass is 9.32. The molecule has 0 spiro atoms. The molecule has 6 fully saturated rings. The number of amides is 1. The van der Waals surface area contributed by atoms with Gasteiger partial charge in [-0.05, 0) is 140 Å². The van der Waals surface area contributed by atoms with Gasteiger partial charge in [0.1, 0.15) is 5.82 Å². The molecule has 0 radical (unpaired) electrons. The summed E-state index contributed by atoms with van der Waals surface area (Å²) >= 11 is 0. The second kappa shape index (κ2) is 11.2. The smallest absolute Gasteiger partial charge is 0.229 e. The Labute approximate surface area is 290 Å². The lowest BCUT2D eigenvalue weighted by Gasteiger charge is -2.73.